The van der Waals surface area contributed by atoms with E-state index in [1.54, 1.807) is 23.9 Å². The second-order valence-corrected chi connectivity index (χ2v) is 7.21. The molecule has 0 spiro atoms. The van der Waals surface area contributed by atoms with Gasteiger partial charge in [0.15, 0.2) is 5.78 Å². The molecule has 0 saturated carbocycles. The quantitative estimate of drug-likeness (QED) is 0.858. The van der Waals surface area contributed by atoms with Crippen molar-refractivity contribution in [3.63, 3.8) is 0 Å². The Morgan fingerprint density at radius 1 is 1.17 bits per heavy atom. The molecule has 118 valence electrons. The molecule has 0 aliphatic carbocycles. The smallest absolute Gasteiger partial charge is 0.251 e. The first-order valence-corrected chi connectivity index (χ1v) is 8.73. The Labute approximate surface area is 148 Å². The van der Waals surface area contributed by atoms with E-state index in [0.717, 1.165) is 10.5 Å². The van der Waals surface area contributed by atoms with Gasteiger partial charge in [0.1, 0.15) is 6.04 Å². The predicted molar refractivity (Wildman–Crippen MR) is 93.9 cm³/mol. The maximum absolute atomic E-state index is 12.6. The van der Waals surface area contributed by atoms with Crippen molar-refractivity contribution >= 4 is 46.7 Å². The predicted octanol–water partition coefficient (Wildman–Crippen LogP) is 4.39. The van der Waals surface area contributed by atoms with E-state index in [0.29, 0.717) is 26.9 Å². The lowest BCUT2D eigenvalue weighted by atomic mass is 10.0. The molecule has 0 fully saturated rings. The number of ketones is 1. The summed E-state index contributed by atoms with van der Waals surface area (Å²) in [5.74, 6) is 0.122. The lowest BCUT2D eigenvalue weighted by Gasteiger charge is -2.24. The van der Waals surface area contributed by atoms with Gasteiger partial charge in [-0.25, -0.2) is 0 Å². The fourth-order valence-electron chi connectivity index (χ4n) is 2.38. The third kappa shape index (κ3) is 3.39. The fourth-order valence-corrected chi connectivity index (χ4v) is 3.74. The van der Waals surface area contributed by atoms with Crippen LogP contribution in [0.3, 0.4) is 0 Å². The number of carbonyl (C=O) groups excluding carboxylic acids is 2. The molecular weight excluding hydrogens is 353 g/mol. The highest BCUT2D eigenvalue weighted by Crippen LogP contribution is 2.31. The number of hydrogen-bond acceptors (Lipinski definition) is 3. The first kappa shape index (κ1) is 16.4. The Morgan fingerprint density at radius 3 is 2.70 bits per heavy atom. The van der Waals surface area contributed by atoms with Crippen LogP contribution in [-0.2, 0) is 0 Å². The van der Waals surface area contributed by atoms with E-state index < -0.39 is 6.04 Å². The standard InChI is InChI=1S/C17H13Cl2NO2S/c1-9-2-5-15-11(6-9)16(21)14(8-23-15)20-17(22)10-3-4-12(18)13(19)7-10/h2-7,14H,8H2,1H3,(H,20,22)/t14-/m0/s1. The Kier molecular flexibility index (Phi) is 4.67. The molecule has 3 nitrogen and oxygen atoms in total. The highest BCUT2D eigenvalue weighted by Gasteiger charge is 2.29. The van der Waals surface area contributed by atoms with Crippen molar-refractivity contribution in [3.05, 3.63) is 63.1 Å². The Bertz CT molecular complexity index is 807. The zero-order valence-electron chi connectivity index (χ0n) is 12.2. The van der Waals surface area contributed by atoms with E-state index in [4.69, 9.17) is 23.2 Å². The minimum absolute atomic E-state index is 0.0594. The molecule has 1 aliphatic heterocycles. The van der Waals surface area contributed by atoms with Gasteiger partial charge in [0.2, 0.25) is 0 Å². The van der Waals surface area contributed by atoms with Crippen LogP contribution in [0, 0.1) is 6.92 Å². The van der Waals surface area contributed by atoms with E-state index in [2.05, 4.69) is 5.32 Å². The number of fused-ring (bicyclic) bond motifs is 1. The van der Waals surface area contributed by atoms with Crippen molar-refractivity contribution in [2.45, 2.75) is 17.9 Å². The van der Waals surface area contributed by atoms with Gasteiger partial charge in [0.25, 0.3) is 5.91 Å². The van der Waals surface area contributed by atoms with Crippen LogP contribution in [0.5, 0.6) is 0 Å². The molecule has 1 aliphatic rings. The molecule has 1 amide bonds. The van der Waals surface area contributed by atoms with Crippen molar-refractivity contribution < 1.29 is 9.59 Å². The Morgan fingerprint density at radius 2 is 1.96 bits per heavy atom. The monoisotopic (exact) mass is 365 g/mol. The van der Waals surface area contributed by atoms with Gasteiger partial charge < -0.3 is 5.32 Å². The van der Waals surface area contributed by atoms with E-state index in [1.807, 2.05) is 25.1 Å². The summed E-state index contributed by atoms with van der Waals surface area (Å²) < 4.78 is 0. The number of halogens is 2. The highest BCUT2D eigenvalue weighted by molar-refractivity contribution is 7.99. The maximum Gasteiger partial charge on any atom is 0.251 e. The summed E-state index contributed by atoms with van der Waals surface area (Å²) in [6.07, 6.45) is 0. The fraction of sp³-hybridized carbons (Fsp3) is 0.176. The Hall–Kier alpha value is -1.49. The Balaban J connectivity index is 1.79. The summed E-state index contributed by atoms with van der Waals surface area (Å²) in [6.45, 7) is 1.94. The van der Waals surface area contributed by atoms with Crippen molar-refractivity contribution in [1.29, 1.82) is 0 Å². The highest BCUT2D eigenvalue weighted by atomic mass is 35.5. The van der Waals surface area contributed by atoms with Crippen molar-refractivity contribution in [2.75, 3.05) is 5.75 Å². The van der Waals surface area contributed by atoms with E-state index in [9.17, 15) is 9.59 Å². The van der Waals surface area contributed by atoms with Gasteiger partial charge in [0, 0.05) is 21.8 Å². The number of hydrogen-bond donors (Lipinski definition) is 1. The topological polar surface area (TPSA) is 46.2 Å². The average molecular weight is 366 g/mol. The molecule has 0 aromatic heterocycles. The van der Waals surface area contributed by atoms with Gasteiger partial charge in [-0.1, -0.05) is 34.8 Å². The number of aryl methyl sites for hydroxylation is 1. The minimum atomic E-state index is -0.545. The number of nitrogens with one attached hydrogen (secondary N) is 1. The number of rotatable bonds is 2. The van der Waals surface area contributed by atoms with Crippen LogP contribution in [0.25, 0.3) is 0 Å². The third-order valence-electron chi connectivity index (χ3n) is 3.61. The van der Waals surface area contributed by atoms with Crippen LogP contribution in [-0.4, -0.2) is 23.5 Å². The van der Waals surface area contributed by atoms with Crippen LogP contribution >= 0.6 is 35.0 Å². The number of amides is 1. The normalized spacial score (nSPS) is 16.8. The number of carbonyl (C=O) groups is 2. The first-order chi connectivity index (χ1) is 11.0. The summed E-state index contributed by atoms with van der Waals surface area (Å²) >= 11 is 13.4. The van der Waals surface area contributed by atoms with Gasteiger partial charge >= 0.3 is 0 Å². The van der Waals surface area contributed by atoms with Crippen LogP contribution in [0.15, 0.2) is 41.3 Å². The SMILES string of the molecule is Cc1ccc2c(c1)C(=O)[C@@H](NC(=O)c1ccc(Cl)c(Cl)c1)CS2. The molecule has 0 radical (unpaired) electrons. The van der Waals surface area contributed by atoms with E-state index in [-0.39, 0.29) is 11.7 Å². The van der Waals surface area contributed by atoms with Crippen molar-refractivity contribution in [2.24, 2.45) is 0 Å². The molecule has 3 rings (SSSR count). The van der Waals surface area contributed by atoms with Gasteiger partial charge in [-0.3, -0.25) is 9.59 Å². The molecule has 1 atom stereocenters. The molecular formula is C17H13Cl2NO2S. The second-order valence-electron chi connectivity index (χ2n) is 5.33. The van der Waals surface area contributed by atoms with Gasteiger partial charge in [-0.05, 0) is 37.3 Å². The zero-order valence-corrected chi connectivity index (χ0v) is 14.6. The van der Waals surface area contributed by atoms with Gasteiger partial charge in [0.05, 0.1) is 10.0 Å². The summed E-state index contributed by atoms with van der Waals surface area (Å²) in [6, 6.07) is 9.89. The molecule has 1 N–H and O–H groups in total. The lowest BCUT2D eigenvalue weighted by molar-refractivity contribution is 0.0864. The molecule has 0 saturated heterocycles. The number of benzene rings is 2. The summed E-state index contributed by atoms with van der Waals surface area (Å²) in [5, 5.41) is 3.48. The average Bonchev–Trinajstić information content (AvgIpc) is 2.53. The second kappa shape index (κ2) is 6.56. The molecule has 0 unspecified atom stereocenters. The van der Waals surface area contributed by atoms with Gasteiger partial charge in [-0.2, -0.15) is 0 Å². The first-order valence-electron chi connectivity index (χ1n) is 6.99. The van der Waals surface area contributed by atoms with E-state index in [1.165, 1.54) is 6.07 Å². The largest absolute Gasteiger partial charge is 0.341 e. The summed E-state index contributed by atoms with van der Waals surface area (Å²) in [5.41, 5.74) is 2.07. The van der Waals surface area contributed by atoms with E-state index >= 15 is 0 Å². The van der Waals surface area contributed by atoms with Crippen LogP contribution in [0.4, 0.5) is 0 Å². The molecule has 2 aromatic carbocycles. The lowest BCUT2D eigenvalue weighted by Crippen LogP contribution is -2.44. The van der Waals surface area contributed by atoms with Crippen LogP contribution < -0.4 is 5.32 Å². The molecule has 2 aromatic rings. The van der Waals surface area contributed by atoms with Crippen LogP contribution in [0.1, 0.15) is 26.3 Å². The zero-order chi connectivity index (χ0) is 16.6. The summed E-state index contributed by atoms with van der Waals surface area (Å²) in [4.78, 5) is 25.9. The van der Waals surface area contributed by atoms with Gasteiger partial charge in [-0.15, -0.1) is 11.8 Å². The molecule has 0 bridgehead atoms. The molecule has 6 heteroatoms. The van der Waals surface area contributed by atoms with Crippen molar-refractivity contribution in [3.8, 4) is 0 Å². The minimum Gasteiger partial charge on any atom is -0.341 e. The maximum atomic E-state index is 12.6. The molecule has 1 heterocycles. The van der Waals surface area contributed by atoms with Crippen LogP contribution in [0.2, 0.25) is 10.0 Å². The van der Waals surface area contributed by atoms with Crippen molar-refractivity contribution in [1.82, 2.24) is 5.32 Å². The summed E-state index contributed by atoms with van der Waals surface area (Å²) in [7, 11) is 0. The third-order valence-corrected chi connectivity index (χ3v) is 5.52. The number of thioether (sulfide) groups is 1. The molecule has 23 heavy (non-hydrogen) atoms. The number of Topliss-reactive ketones (excluding diaryl/α,β-unsaturated/α-hetero) is 1.